The average molecular weight is 273 g/mol. The van der Waals surface area contributed by atoms with Crippen LogP contribution in [0.3, 0.4) is 0 Å². The highest BCUT2D eigenvalue weighted by Crippen LogP contribution is 2.26. The minimum Gasteiger partial charge on any atom is -0.413 e. The first-order valence-electron chi connectivity index (χ1n) is 6.28. The molecule has 0 radical (unpaired) electrons. The highest BCUT2D eigenvalue weighted by Gasteiger charge is 2.22. The molecular weight excluding hydrogens is 244 g/mol. The lowest BCUT2D eigenvalue weighted by Crippen LogP contribution is -2.25. The van der Waals surface area contributed by atoms with Crippen molar-refractivity contribution in [2.45, 2.75) is 58.2 Å². The first-order chi connectivity index (χ1) is 7.63. The fourth-order valence-electron chi connectivity index (χ4n) is 0.927. The van der Waals surface area contributed by atoms with Crippen LogP contribution in [0.15, 0.2) is 0 Å². The van der Waals surface area contributed by atoms with Crippen molar-refractivity contribution in [2.24, 2.45) is 0 Å². The molecule has 1 atom stereocenters. The van der Waals surface area contributed by atoms with Crippen LogP contribution in [0.2, 0.25) is 16.6 Å². The van der Waals surface area contributed by atoms with Gasteiger partial charge in [0, 0.05) is 0 Å². The first kappa shape index (κ1) is 16.9. The standard InChI is InChI=1S/C13H28O2Si2/c1-12(2,3)16-14-10-8-9-11-15-17(7)13(4,5)6/h17H,10-11,16H2,1-7H3. The Bertz CT molecular complexity index is 266. The van der Waals surface area contributed by atoms with Crippen molar-refractivity contribution in [3.05, 3.63) is 0 Å². The molecule has 100 valence electrons. The van der Waals surface area contributed by atoms with Gasteiger partial charge < -0.3 is 8.85 Å². The van der Waals surface area contributed by atoms with E-state index in [1.165, 1.54) is 0 Å². The van der Waals surface area contributed by atoms with Crippen molar-refractivity contribution in [1.29, 1.82) is 0 Å². The Morgan fingerprint density at radius 2 is 1.53 bits per heavy atom. The summed E-state index contributed by atoms with van der Waals surface area (Å²) in [6.07, 6.45) is 0. The normalized spacial score (nSPS) is 14.8. The van der Waals surface area contributed by atoms with E-state index in [4.69, 9.17) is 8.85 Å². The largest absolute Gasteiger partial charge is 0.413 e. The van der Waals surface area contributed by atoms with E-state index in [0.29, 0.717) is 23.3 Å². The van der Waals surface area contributed by atoms with Gasteiger partial charge in [-0.3, -0.25) is 0 Å². The first-order valence-corrected chi connectivity index (χ1v) is 9.77. The molecule has 0 rings (SSSR count). The summed E-state index contributed by atoms with van der Waals surface area (Å²) in [4.78, 5) is 0. The van der Waals surface area contributed by atoms with Crippen molar-refractivity contribution in [3.8, 4) is 11.8 Å². The number of hydrogen-bond acceptors (Lipinski definition) is 2. The molecular formula is C13H28O2Si2. The van der Waals surface area contributed by atoms with Crippen molar-refractivity contribution < 1.29 is 8.85 Å². The summed E-state index contributed by atoms with van der Waals surface area (Å²) >= 11 is 0. The third kappa shape index (κ3) is 10.8. The van der Waals surface area contributed by atoms with E-state index in [2.05, 4.69) is 59.9 Å². The predicted molar refractivity (Wildman–Crippen MR) is 80.7 cm³/mol. The molecule has 2 nitrogen and oxygen atoms in total. The smallest absolute Gasteiger partial charge is 0.180 e. The Morgan fingerprint density at radius 3 is 2.00 bits per heavy atom. The summed E-state index contributed by atoms with van der Waals surface area (Å²) in [5.41, 5.74) is 0. The second kappa shape index (κ2) is 7.37. The van der Waals surface area contributed by atoms with Crippen LogP contribution >= 0.6 is 0 Å². The van der Waals surface area contributed by atoms with Gasteiger partial charge in [-0.15, -0.1) is 0 Å². The van der Waals surface area contributed by atoms with E-state index in [1.54, 1.807) is 0 Å². The maximum atomic E-state index is 5.77. The van der Waals surface area contributed by atoms with Gasteiger partial charge in [-0.1, -0.05) is 53.4 Å². The van der Waals surface area contributed by atoms with E-state index < -0.39 is 18.8 Å². The van der Waals surface area contributed by atoms with Crippen molar-refractivity contribution in [1.82, 2.24) is 0 Å². The van der Waals surface area contributed by atoms with Crippen LogP contribution in [-0.4, -0.2) is 32.0 Å². The summed E-state index contributed by atoms with van der Waals surface area (Å²) in [6, 6.07) is 0. The lowest BCUT2D eigenvalue weighted by molar-refractivity contribution is 0.352. The Labute approximate surface area is 111 Å². The summed E-state index contributed by atoms with van der Waals surface area (Å²) in [5, 5.41) is 0.670. The van der Waals surface area contributed by atoms with Gasteiger partial charge in [0.25, 0.3) is 0 Å². The van der Waals surface area contributed by atoms with Gasteiger partial charge in [-0.05, 0) is 16.6 Å². The molecule has 0 fully saturated rings. The fraction of sp³-hybridized carbons (Fsp3) is 0.846. The molecule has 0 aromatic carbocycles. The van der Waals surface area contributed by atoms with Gasteiger partial charge >= 0.3 is 0 Å². The van der Waals surface area contributed by atoms with Gasteiger partial charge in [0.2, 0.25) is 0 Å². The molecule has 0 aromatic heterocycles. The molecule has 0 aromatic rings. The topological polar surface area (TPSA) is 18.5 Å². The minimum absolute atomic E-state index is 0.317. The molecule has 0 N–H and O–H groups in total. The second-order valence-corrected chi connectivity index (χ2v) is 12.9. The van der Waals surface area contributed by atoms with Gasteiger partial charge in [0.15, 0.2) is 18.8 Å². The van der Waals surface area contributed by atoms with Crippen molar-refractivity contribution >= 4 is 18.8 Å². The molecule has 0 saturated heterocycles. The quantitative estimate of drug-likeness (QED) is 0.445. The molecule has 0 aliphatic rings. The van der Waals surface area contributed by atoms with Crippen molar-refractivity contribution in [3.63, 3.8) is 0 Å². The maximum absolute atomic E-state index is 5.77. The van der Waals surface area contributed by atoms with Crippen molar-refractivity contribution in [2.75, 3.05) is 13.2 Å². The molecule has 0 aliphatic carbocycles. The lowest BCUT2D eigenvalue weighted by Gasteiger charge is -2.24. The monoisotopic (exact) mass is 272 g/mol. The Morgan fingerprint density at radius 1 is 1.00 bits per heavy atom. The SMILES string of the molecule is C[SiH](OCC#CCO[SiH2]C(C)(C)C)C(C)(C)C. The second-order valence-electron chi connectivity index (χ2n) is 6.73. The number of hydrogen-bond donors (Lipinski definition) is 0. The molecule has 0 amide bonds. The van der Waals surface area contributed by atoms with Gasteiger partial charge in [-0.2, -0.15) is 0 Å². The molecule has 1 unspecified atom stereocenters. The van der Waals surface area contributed by atoms with E-state index in [0.717, 1.165) is 0 Å². The zero-order valence-electron chi connectivity index (χ0n) is 12.5. The molecule has 4 heteroatoms. The van der Waals surface area contributed by atoms with Crippen LogP contribution in [0.1, 0.15) is 41.5 Å². The highest BCUT2D eigenvalue weighted by atomic mass is 28.3. The molecule has 0 heterocycles. The molecule has 0 spiro atoms. The molecule has 17 heavy (non-hydrogen) atoms. The zero-order chi connectivity index (χ0) is 13.5. The zero-order valence-corrected chi connectivity index (χ0v) is 15.1. The molecule has 0 aliphatic heterocycles. The van der Waals surface area contributed by atoms with Crippen LogP contribution in [0.4, 0.5) is 0 Å². The Hall–Kier alpha value is -0.0862. The van der Waals surface area contributed by atoms with Gasteiger partial charge in [-0.25, -0.2) is 0 Å². The summed E-state index contributed by atoms with van der Waals surface area (Å²) in [6.45, 7) is 16.7. The van der Waals surface area contributed by atoms with E-state index in [1.807, 2.05) is 0 Å². The maximum Gasteiger partial charge on any atom is 0.180 e. The number of rotatable bonds is 4. The Kier molecular flexibility index (Phi) is 7.33. The average Bonchev–Trinajstić information content (AvgIpc) is 2.12. The van der Waals surface area contributed by atoms with E-state index >= 15 is 0 Å². The van der Waals surface area contributed by atoms with Crippen LogP contribution in [0, 0.1) is 11.8 Å². The third-order valence-electron chi connectivity index (χ3n) is 2.46. The van der Waals surface area contributed by atoms with E-state index in [9.17, 15) is 0 Å². The molecule has 0 saturated carbocycles. The Balaban J connectivity index is 3.64. The van der Waals surface area contributed by atoms with Gasteiger partial charge in [0.05, 0.1) is 13.2 Å². The predicted octanol–water partition coefficient (Wildman–Crippen LogP) is 2.48. The van der Waals surface area contributed by atoms with E-state index in [-0.39, 0.29) is 0 Å². The summed E-state index contributed by atoms with van der Waals surface area (Å²) < 4.78 is 11.4. The third-order valence-corrected chi connectivity index (χ3v) is 6.84. The summed E-state index contributed by atoms with van der Waals surface area (Å²) in [5.74, 6) is 6.06. The summed E-state index contributed by atoms with van der Waals surface area (Å²) in [7, 11) is -1.57. The fourth-order valence-corrected chi connectivity index (χ4v) is 2.58. The highest BCUT2D eigenvalue weighted by molar-refractivity contribution is 6.53. The van der Waals surface area contributed by atoms with Crippen LogP contribution in [0.5, 0.6) is 0 Å². The van der Waals surface area contributed by atoms with Crippen LogP contribution in [-0.2, 0) is 8.85 Å². The van der Waals surface area contributed by atoms with Crippen LogP contribution in [0.25, 0.3) is 0 Å². The molecule has 0 bridgehead atoms. The minimum atomic E-state index is -1.11. The van der Waals surface area contributed by atoms with Crippen LogP contribution < -0.4 is 0 Å². The van der Waals surface area contributed by atoms with Gasteiger partial charge in [0.1, 0.15) is 0 Å². The lowest BCUT2D eigenvalue weighted by atomic mass is 10.3.